The number of benzene rings is 1. The second-order valence-corrected chi connectivity index (χ2v) is 5.34. The summed E-state index contributed by atoms with van der Waals surface area (Å²) in [5.74, 6) is 0.0242. The lowest BCUT2D eigenvalue weighted by molar-refractivity contribution is -0.112. The number of carbonyl (C=O) groups excluding carboxylic acids is 1. The summed E-state index contributed by atoms with van der Waals surface area (Å²) in [5.41, 5.74) is 2.51. The van der Waals surface area contributed by atoms with Crippen molar-refractivity contribution >= 4 is 17.3 Å². The van der Waals surface area contributed by atoms with Gasteiger partial charge in [-0.05, 0) is 12.5 Å². The minimum atomic E-state index is 0.0242. The Labute approximate surface area is 125 Å². The van der Waals surface area contributed by atoms with Crippen LogP contribution in [0, 0.1) is 0 Å². The Bertz CT molecular complexity index is 550. The summed E-state index contributed by atoms with van der Waals surface area (Å²) >= 11 is 0. The van der Waals surface area contributed by atoms with Gasteiger partial charge < -0.3 is 9.64 Å². The van der Waals surface area contributed by atoms with Crippen molar-refractivity contribution in [1.29, 1.82) is 0 Å². The van der Waals surface area contributed by atoms with Gasteiger partial charge in [-0.15, -0.1) is 0 Å². The summed E-state index contributed by atoms with van der Waals surface area (Å²) < 4.78 is 5.33. The van der Waals surface area contributed by atoms with Crippen molar-refractivity contribution in [3.05, 3.63) is 29.8 Å². The normalized spacial score (nSPS) is 20.2. The molecule has 0 radical (unpaired) electrons. The third-order valence-corrected chi connectivity index (χ3v) is 3.86. The van der Waals surface area contributed by atoms with E-state index in [1.54, 1.807) is 0 Å². The molecule has 5 nitrogen and oxygen atoms in total. The fourth-order valence-electron chi connectivity index (χ4n) is 2.69. The van der Waals surface area contributed by atoms with E-state index in [9.17, 15) is 4.79 Å². The van der Waals surface area contributed by atoms with Gasteiger partial charge in [0, 0.05) is 12.1 Å². The highest BCUT2D eigenvalue weighted by Gasteiger charge is 2.33. The largest absolute Gasteiger partial charge is 0.378 e. The van der Waals surface area contributed by atoms with Gasteiger partial charge in [0.05, 0.1) is 32.0 Å². The zero-order valence-corrected chi connectivity index (χ0v) is 12.4. The summed E-state index contributed by atoms with van der Waals surface area (Å²) in [4.78, 5) is 14.5. The quantitative estimate of drug-likeness (QED) is 0.849. The summed E-state index contributed by atoms with van der Waals surface area (Å²) in [7, 11) is 0. The first-order chi connectivity index (χ1) is 10.3. The molecule has 0 bridgehead atoms. The van der Waals surface area contributed by atoms with E-state index in [4.69, 9.17) is 4.74 Å². The summed E-state index contributed by atoms with van der Waals surface area (Å²) in [6, 6.07) is 7.93. The second kappa shape index (κ2) is 6.26. The number of carbonyl (C=O) groups is 1. The number of amides is 1. The molecule has 5 heteroatoms. The first-order valence-electron chi connectivity index (χ1n) is 7.64. The molecule has 0 aromatic heterocycles. The number of rotatable bonds is 4. The Kier molecular flexibility index (Phi) is 4.20. The van der Waals surface area contributed by atoms with Crippen LogP contribution in [0.4, 0.5) is 5.69 Å². The summed E-state index contributed by atoms with van der Waals surface area (Å²) in [5, 5.41) is 6.54. The van der Waals surface area contributed by atoms with Crippen LogP contribution < -0.4 is 4.90 Å². The lowest BCUT2D eigenvalue weighted by atomic mass is 10.1. The molecule has 0 saturated carbocycles. The van der Waals surface area contributed by atoms with Gasteiger partial charge in [0.15, 0.2) is 5.71 Å². The summed E-state index contributed by atoms with van der Waals surface area (Å²) in [6.45, 7) is 5.73. The molecule has 2 aliphatic rings. The van der Waals surface area contributed by atoms with Gasteiger partial charge >= 0.3 is 0 Å². The van der Waals surface area contributed by atoms with Gasteiger partial charge in [-0.1, -0.05) is 31.5 Å². The molecule has 0 N–H and O–H groups in total. The van der Waals surface area contributed by atoms with E-state index in [0.29, 0.717) is 18.9 Å². The first-order valence-corrected chi connectivity index (χ1v) is 7.64. The van der Waals surface area contributed by atoms with Crippen LogP contribution in [0.3, 0.4) is 0 Å². The van der Waals surface area contributed by atoms with Gasteiger partial charge in [0.1, 0.15) is 0 Å². The van der Waals surface area contributed by atoms with Gasteiger partial charge in [-0.25, -0.2) is 0 Å². The number of fused-ring (bicyclic) bond motifs is 1. The highest BCUT2D eigenvalue weighted by molar-refractivity contribution is 6.54. The van der Waals surface area contributed by atoms with E-state index in [1.165, 1.54) is 0 Å². The Hall–Kier alpha value is -1.88. The monoisotopic (exact) mass is 287 g/mol. The molecule has 21 heavy (non-hydrogen) atoms. The highest BCUT2D eigenvalue weighted by atomic mass is 16.5. The van der Waals surface area contributed by atoms with Crippen LogP contribution in [0.5, 0.6) is 0 Å². The fourth-order valence-corrected chi connectivity index (χ4v) is 2.69. The van der Waals surface area contributed by atoms with E-state index >= 15 is 0 Å². The molecule has 1 aromatic carbocycles. The number of hydrogen-bond donors (Lipinski definition) is 0. The van der Waals surface area contributed by atoms with E-state index in [-0.39, 0.29) is 5.91 Å². The maximum Gasteiger partial charge on any atom is 0.279 e. The predicted octanol–water partition coefficient (Wildman–Crippen LogP) is 1.87. The van der Waals surface area contributed by atoms with Crippen molar-refractivity contribution in [2.75, 3.05) is 37.7 Å². The van der Waals surface area contributed by atoms with Gasteiger partial charge in [0.2, 0.25) is 0 Å². The van der Waals surface area contributed by atoms with Crippen LogP contribution in [0.25, 0.3) is 0 Å². The first kappa shape index (κ1) is 14.1. The highest BCUT2D eigenvalue weighted by Crippen LogP contribution is 2.29. The number of para-hydroxylation sites is 1. The van der Waals surface area contributed by atoms with E-state index in [1.807, 2.05) is 34.2 Å². The van der Waals surface area contributed by atoms with E-state index in [2.05, 4.69) is 12.0 Å². The molecule has 1 aromatic rings. The topological polar surface area (TPSA) is 45.1 Å². The van der Waals surface area contributed by atoms with Crippen LogP contribution in [-0.2, 0) is 9.53 Å². The van der Waals surface area contributed by atoms with Crippen molar-refractivity contribution < 1.29 is 9.53 Å². The van der Waals surface area contributed by atoms with Crippen molar-refractivity contribution in [2.24, 2.45) is 5.10 Å². The molecule has 0 atom stereocenters. The Balaban J connectivity index is 1.90. The van der Waals surface area contributed by atoms with Gasteiger partial charge in [-0.2, -0.15) is 5.10 Å². The molecule has 2 heterocycles. The molecule has 0 aliphatic carbocycles. The molecule has 2 aliphatic heterocycles. The average molecular weight is 287 g/mol. The van der Waals surface area contributed by atoms with Crippen LogP contribution in [-0.4, -0.2) is 49.5 Å². The van der Waals surface area contributed by atoms with Crippen LogP contribution in [0.1, 0.15) is 25.3 Å². The van der Waals surface area contributed by atoms with Crippen LogP contribution in [0.15, 0.2) is 29.4 Å². The average Bonchev–Trinajstić information content (AvgIpc) is 2.79. The number of hydrogen-bond acceptors (Lipinski definition) is 4. The van der Waals surface area contributed by atoms with Crippen molar-refractivity contribution in [3.8, 4) is 0 Å². The SMILES string of the molecule is CCCCN1C(=O)/C(=N\N2CCOCC2)c2ccccc21. The maximum absolute atomic E-state index is 12.7. The van der Waals surface area contributed by atoms with E-state index < -0.39 is 0 Å². The van der Waals surface area contributed by atoms with Gasteiger partial charge in [-0.3, -0.25) is 9.80 Å². The molecule has 1 saturated heterocycles. The lowest BCUT2D eigenvalue weighted by Gasteiger charge is -2.24. The van der Waals surface area contributed by atoms with Gasteiger partial charge in [0.25, 0.3) is 5.91 Å². The molecule has 1 fully saturated rings. The predicted molar refractivity (Wildman–Crippen MR) is 82.6 cm³/mol. The van der Waals surface area contributed by atoms with Crippen molar-refractivity contribution in [2.45, 2.75) is 19.8 Å². The number of nitrogens with zero attached hydrogens (tertiary/aromatic N) is 3. The molecule has 0 spiro atoms. The van der Waals surface area contributed by atoms with Crippen LogP contribution in [0.2, 0.25) is 0 Å². The minimum absolute atomic E-state index is 0.0242. The Morgan fingerprint density at radius 3 is 2.76 bits per heavy atom. The number of anilines is 1. The number of unbranched alkanes of at least 4 members (excludes halogenated alkanes) is 1. The Morgan fingerprint density at radius 1 is 1.24 bits per heavy atom. The van der Waals surface area contributed by atoms with Crippen molar-refractivity contribution in [3.63, 3.8) is 0 Å². The standard InChI is InChI=1S/C16H21N3O2/c1-2-3-8-19-14-7-5-4-6-13(14)15(16(19)20)17-18-9-11-21-12-10-18/h4-7H,2-3,8-12H2,1H3/b17-15-. The fraction of sp³-hybridized carbons (Fsp3) is 0.500. The number of ether oxygens (including phenoxy) is 1. The molecule has 112 valence electrons. The second-order valence-electron chi connectivity index (χ2n) is 5.34. The molecular weight excluding hydrogens is 266 g/mol. The molecule has 1 amide bonds. The number of morpholine rings is 1. The van der Waals surface area contributed by atoms with Crippen LogP contribution >= 0.6 is 0 Å². The third-order valence-electron chi connectivity index (χ3n) is 3.86. The molecule has 0 unspecified atom stereocenters. The zero-order valence-electron chi connectivity index (χ0n) is 12.4. The third kappa shape index (κ3) is 2.78. The summed E-state index contributed by atoms with van der Waals surface area (Å²) in [6.07, 6.45) is 2.08. The van der Waals surface area contributed by atoms with E-state index in [0.717, 1.165) is 43.7 Å². The smallest absolute Gasteiger partial charge is 0.279 e. The molecule has 3 rings (SSSR count). The lowest BCUT2D eigenvalue weighted by Crippen LogP contribution is -2.36. The minimum Gasteiger partial charge on any atom is -0.378 e. The maximum atomic E-state index is 12.7. The molecular formula is C16H21N3O2. The van der Waals surface area contributed by atoms with Crippen molar-refractivity contribution in [1.82, 2.24) is 5.01 Å². The Morgan fingerprint density at radius 2 is 2.00 bits per heavy atom. The zero-order chi connectivity index (χ0) is 14.7. The number of hydrazone groups is 1.